The van der Waals surface area contributed by atoms with Gasteiger partial charge in [-0.15, -0.1) is 0 Å². The van der Waals surface area contributed by atoms with E-state index in [2.05, 4.69) is 5.32 Å². The quantitative estimate of drug-likeness (QED) is 0.621. The fourth-order valence-corrected chi connectivity index (χ4v) is 1.22. The number of carbonyl (C=O) groups is 1. The minimum atomic E-state index is -1.37. The zero-order valence-corrected chi connectivity index (χ0v) is 9.44. The molecule has 1 unspecified atom stereocenters. The molecule has 1 amide bonds. The maximum atomic E-state index is 13.6. The number of nitro groups is 1. The first-order valence-electron chi connectivity index (χ1n) is 5.00. The summed E-state index contributed by atoms with van der Waals surface area (Å²) in [6, 6.07) is 0.636. The third kappa shape index (κ3) is 3.20. The zero-order chi connectivity index (χ0) is 13.9. The van der Waals surface area contributed by atoms with E-state index in [1.165, 1.54) is 0 Å². The molecule has 0 spiro atoms. The van der Waals surface area contributed by atoms with Crippen LogP contribution in [0.25, 0.3) is 0 Å². The number of rotatable bonds is 4. The molecule has 0 bridgehead atoms. The van der Waals surface area contributed by atoms with E-state index >= 15 is 0 Å². The second kappa shape index (κ2) is 5.50. The first kappa shape index (κ1) is 14.0. The van der Waals surface area contributed by atoms with Crippen molar-refractivity contribution in [2.45, 2.75) is 13.0 Å². The lowest BCUT2D eigenvalue weighted by molar-refractivity contribution is -0.387. The lowest BCUT2D eigenvalue weighted by atomic mass is 10.1. The van der Waals surface area contributed by atoms with Crippen LogP contribution in [0.2, 0.25) is 0 Å². The number of amides is 1. The summed E-state index contributed by atoms with van der Waals surface area (Å²) < 4.78 is 26.6. The molecule has 0 fully saturated rings. The van der Waals surface area contributed by atoms with Crippen molar-refractivity contribution in [2.24, 2.45) is 5.73 Å². The van der Waals surface area contributed by atoms with Gasteiger partial charge in [-0.25, -0.2) is 4.39 Å². The normalized spacial score (nSPS) is 12.0. The number of halogens is 2. The maximum absolute atomic E-state index is 13.6. The Hall–Kier alpha value is -2.09. The van der Waals surface area contributed by atoms with Crippen molar-refractivity contribution in [3.05, 3.63) is 39.4 Å². The van der Waals surface area contributed by atoms with Gasteiger partial charge in [0.15, 0.2) is 0 Å². The lowest BCUT2D eigenvalue weighted by Crippen LogP contribution is -2.35. The van der Waals surface area contributed by atoms with Gasteiger partial charge in [0.2, 0.25) is 5.82 Å². The molecule has 0 aliphatic heterocycles. The molecule has 1 atom stereocenters. The smallest absolute Gasteiger partial charge is 0.308 e. The summed E-state index contributed by atoms with van der Waals surface area (Å²) >= 11 is 0. The molecular formula is C10H11F2N3O3. The van der Waals surface area contributed by atoms with Gasteiger partial charge in [0.25, 0.3) is 5.91 Å². The standard InChI is InChI=1S/C10H11F2N3O3/c1-5(13)4-14-10(16)7-2-6(11)3-8(9(7)12)15(17)18/h2-3,5H,4,13H2,1H3,(H,14,16). The minimum absolute atomic E-state index is 0.0442. The fraction of sp³-hybridized carbons (Fsp3) is 0.300. The Morgan fingerprint density at radius 3 is 2.67 bits per heavy atom. The molecule has 8 heteroatoms. The van der Waals surface area contributed by atoms with Crippen LogP contribution in [-0.2, 0) is 0 Å². The highest BCUT2D eigenvalue weighted by molar-refractivity contribution is 5.95. The second-order valence-corrected chi connectivity index (χ2v) is 3.73. The van der Waals surface area contributed by atoms with Crippen LogP contribution in [0.1, 0.15) is 17.3 Å². The molecule has 1 rings (SSSR count). The van der Waals surface area contributed by atoms with Crippen molar-refractivity contribution < 1.29 is 18.5 Å². The van der Waals surface area contributed by atoms with E-state index in [0.717, 1.165) is 0 Å². The van der Waals surface area contributed by atoms with Gasteiger partial charge in [-0.2, -0.15) is 4.39 Å². The van der Waals surface area contributed by atoms with E-state index < -0.39 is 33.7 Å². The highest BCUT2D eigenvalue weighted by Crippen LogP contribution is 2.22. The average molecular weight is 259 g/mol. The maximum Gasteiger partial charge on any atom is 0.308 e. The Kier molecular flexibility index (Phi) is 4.27. The molecule has 3 N–H and O–H groups in total. The number of hydrogen-bond donors (Lipinski definition) is 2. The molecule has 1 aromatic rings. The number of nitrogens with zero attached hydrogens (tertiary/aromatic N) is 1. The third-order valence-electron chi connectivity index (χ3n) is 2.04. The summed E-state index contributed by atoms with van der Waals surface area (Å²) in [5, 5.41) is 12.7. The van der Waals surface area contributed by atoms with Gasteiger partial charge in [-0.1, -0.05) is 0 Å². The molecule has 1 aromatic carbocycles. The van der Waals surface area contributed by atoms with Gasteiger partial charge in [0.1, 0.15) is 5.82 Å². The van der Waals surface area contributed by atoms with Crippen LogP contribution in [0, 0.1) is 21.7 Å². The molecule has 0 aliphatic carbocycles. The van der Waals surface area contributed by atoms with Crippen LogP contribution in [-0.4, -0.2) is 23.4 Å². The minimum Gasteiger partial charge on any atom is -0.350 e. The van der Waals surface area contributed by atoms with E-state index in [0.29, 0.717) is 12.1 Å². The first-order valence-corrected chi connectivity index (χ1v) is 5.00. The van der Waals surface area contributed by atoms with Crippen LogP contribution in [0.3, 0.4) is 0 Å². The Bertz CT molecular complexity index is 492. The van der Waals surface area contributed by atoms with Gasteiger partial charge in [-0.3, -0.25) is 14.9 Å². The zero-order valence-electron chi connectivity index (χ0n) is 9.44. The molecule has 0 aliphatic rings. The van der Waals surface area contributed by atoms with E-state index in [9.17, 15) is 23.7 Å². The molecule has 6 nitrogen and oxygen atoms in total. The van der Waals surface area contributed by atoms with E-state index in [-0.39, 0.29) is 12.6 Å². The SMILES string of the molecule is CC(N)CNC(=O)c1cc(F)cc([N+](=O)[O-])c1F. The molecule has 0 saturated carbocycles. The summed E-state index contributed by atoms with van der Waals surface area (Å²) in [5.74, 6) is -3.38. The molecule has 18 heavy (non-hydrogen) atoms. The van der Waals surface area contributed by atoms with Crippen LogP contribution in [0.4, 0.5) is 14.5 Å². The average Bonchev–Trinajstić information content (AvgIpc) is 2.28. The number of hydrogen-bond acceptors (Lipinski definition) is 4. The lowest BCUT2D eigenvalue weighted by Gasteiger charge is -2.08. The molecule has 98 valence electrons. The highest BCUT2D eigenvalue weighted by Gasteiger charge is 2.24. The Labute approximate surface area is 101 Å². The van der Waals surface area contributed by atoms with Crippen LogP contribution in [0.5, 0.6) is 0 Å². The predicted octanol–water partition coefficient (Wildman–Crippen LogP) is 0.950. The number of benzene rings is 1. The number of nitro benzene ring substituents is 1. The number of nitrogens with two attached hydrogens (primary N) is 1. The van der Waals surface area contributed by atoms with Crippen molar-refractivity contribution in [2.75, 3.05) is 6.54 Å². The second-order valence-electron chi connectivity index (χ2n) is 3.73. The summed E-state index contributed by atoms with van der Waals surface area (Å²) in [4.78, 5) is 20.9. The Morgan fingerprint density at radius 1 is 1.56 bits per heavy atom. The van der Waals surface area contributed by atoms with Crippen molar-refractivity contribution in [1.29, 1.82) is 0 Å². The van der Waals surface area contributed by atoms with Crippen molar-refractivity contribution >= 4 is 11.6 Å². The van der Waals surface area contributed by atoms with Crippen LogP contribution in [0.15, 0.2) is 12.1 Å². The van der Waals surface area contributed by atoms with Crippen molar-refractivity contribution in [3.8, 4) is 0 Å². The largest absolute Gasteiger partial charge is 0.350 e. The summed E-state index contributed by atoms with van der Waals surface area (Å²) in [6.45, 7) is 1.65. The van der Waals surface area contributed by atoms with Crippen LogP contribution < -0.4 is 11.1 Å². The topological polar surface area (TPSA) is 98.3 Å². The van der Waals surface area contributed by atoms with Gasteiger partial charge < -0.3 is 11.1 Å². The number of nitrogens with one attached hydrogen (secondary N) is 1. The fourth-order valence-electron chi connectivity index (χ4n) is 1.22. The van der Waals surface area contributed by atoms with E-state index in [1.807, 2.05) is 0 Å². The van der Waals surface area contributed by atoms with E-state index in [1.54, 1.807) is 6.92 Å². The first-order chi connectivity index (χ1) is 8.32. The number of carbonyl (C=O) groups excluding carboxylic acids is 1. The molecule has 0 heterocycles. The molecular weight excluding hydrogens is 248 g/mol. The monoisotopic (exact) mass is 259 g/mol. The molecule has 0 radical (unpaired) electrons. The summed E-state index contributed by atoms with van der Waals surface area (Å²) in [6.07, 6.45) is 0. The summed E-state index contributed by atoms with van der Waals surface area (Å²) in [5.41, 5.74) is 3.57. The summed E-state index contributed by atoms with van der Waals surface area (Å²) in [7, 11) is 0. The molecule has 0 saturated heterocycles. The highest BCUT2D eigenvalue weighted by atomic mass is 19.1. The Balaban J connectivity index is 3.09. The van der Waals surface area contributed by atoms with Gasteiger partial charge in [0, 0.05) is 12.6 Å². The van der Waals surface area contributed by atoms with E-state index in [4.69, 9.17) is 5.73 Å². The van der Waals surface area contributed by atoms with Gasteiger partial charge >= 0.3 is 5.69 Å². The third-order valence-corrected chi connectivity index (χ3v) is 2.04. The molecule has 0 aromatic heterocycles. The predicted molar refractivity (Wildman–Crippen MR) is 59.0 cm³/mol. The van der Waals surface area contributed by atoms with Crippen molar-refractivity contribution in [1.82, 2.24) is 5.32 Å². The van der Waals surface area contributed by atoms with Crippen LogP contribution >= 0.6 is 0 Å². The van der Waals surface area contributed by atoms with Gasteiger partial charge in [-0.05, 0) is 13.0 Å². The van der Waals surface area contributed by atoms with Crippen molar-refractivity contribution in [3.63, 3.8) is 0 Å². The van der Waals surface area contributed by atoms with Gasteiger partial charge in [0.05, 0.1) is 16.6 Å². The Morgan fingerprint density at radius 2 is 2.17 bits per heavy atom.